The van der Waals surface area contributed by atoms with Crippen LogP contribution in [0.4, 0.5) is 10.1 Å². The van der Waals surface area contributed by atoms with Crippen LogP contribution in [0.1, 0.15) is 21.6 Å². The number of hydroxylamine groups is 1. The number of aromatic nitrogens is 2. The van der Waals surface area contributed by atoms with E-state index in [1.165, 1.54) is 29.9 Å². The molecule has 1 amide bonds. The van der Waals surface area contributed by atoms with Gasteiger partial charge in [0.15, 0.2) is 0 Å². The lowest BCUT2D eigenvalue weighted by Gasteiger charge is -2.07. The van der Waals surface area contributed by atoms with E-state index in [-0.39, 0.29) is 23.0 Å². The largest absolute Gasteiger partial charge is 0.340 e. The molecule has 0 bridgehead atoms. The third kappa shape index (κ3) is 4.76. The Labute approximate surface area is 183 Å². The number of rotatable bonds is 7. The monoisotopic (exact) mass is 454 g/mol. The molecule has 32 heavy (non-hydrogen) atoms. The molecule has 8 nitrogen and oxygen atoms in total. The summed E-state index contributed by atoms with van der Waals surface area (Å²) in [5.74, 6) is -1.41. The van der Waals surface area contributed by atoms with Crippen LogP contribution in [0.3, 0.4) is 0 Å². The van der Waals surface area contributed by atoms with Crippen molar-refractivity contribution >= 4 is 32.5 Å². The molecule has 4 rings (SSSR count). The van der Waals surface area contributed by atoms with Gasteiger partial charge in [0, 0.05) is 18.1 Å². The lowest BCUT2D eigenvalue weighted by Crippen LogP contribution is -2.19. The van der Waals surface area contributed by atoms with E-state index in [2.05, 4.69) is 9.71 Å². The summed E-state index contributed by atoms with van der Waals surface area (Å²) in [4.78, 5) is 15.9. The van der Waals surface area contributed by atoms with Crippen LogP contribution in [0.25, 0.3) is 10.9 Å². The lowest BCUT2D eigenvalue weighted by molar-refractivity contribution is 0.0701. The molecule has 10 heteroatoms. The van der Waals surface area contributed by atoms with Crippen LogP contribution in [-0.2, 0) is 22.3 Å². The summed E-state index contributed by atoms with van der Waals surface area (Å²) >= 11 is 0. The predicted molar refractivity (Wildman–Crippen MR) is 117 cm³/mol. The molecule has 2 heterocycles. The number of benzene rings is 2. The normalized spacial score (nSPS) is 11.4. The predicted octanol–water partition coefficient (Wildman–Crippen LogP) is 3.28. The summed E-state index contributed by atoms with van der Waals surface area (Å²) in [6, 6.07) is 16.1. The summed E-state index contributed by atoms with van der Waals surface area (Å²) in [7, 11) is -3.77. The quantitative estimate of drug-likeness (QED) is 0.293. The zero-order chi connectivity index (χ0) is 22.7. The summed E-state index contributed by atoms with van der Waals surface area (Å²) < 4.78 is 43.2. The molecule has 0 atom stereocenters. The third-order valence-electron chi connectivity index (χ3n) is 4.83. The standard InChI is InChI=1S/C22H19FN4O4S/c23-17-8-6-15(7-9-17)12-27-13-20(18-10-19(22(28)25-29)24-11-21(18)27)26-32(30,31)14-16-4-2-1-3-5-16/h1-11,13,26,29H,12,14H2,(H,25,28). The Balaban J connectivity index is 1.73. The van der Waals surface area contributed by atoms with Gasteiger partial charge in [0.05, 0.1) is 23.2 Å². The topological polar surface area (TPSA) is 113 Å². The van der Waals surface area contributed by atoms with Gasteiger partial charge in [-0.25, -0.2) is 23.3 Å². The van der Waals surface area contributed by atoms with Gasteiger partial charge >= 0.3 is 0 Å². The molecule has 0 aliphatic heterocycles. The smallest absolute Gasteiger partial charge is 0.293 e. The average molecular weight is 454 g/mol. The van der Waals surface area contributed by atoms with E-state index < -0.39 is 15.9 Å². The first-order chi connectivity index (χ1) is 15.3. The van der Waals surface area contributed by atoms with Crippen molar-refractivity contribution < 1.29 is 22.8 Å². The van der Waals surface area contributed by atoms with Crippen molar-refractivity contribution in [2.75, 3.05) is 4.72 Å². The molecule has 0 aliphatic rings. The lowest BCUT2D eigenvalue weighted by atomic mass is 10.2. The Morgan fingerprint density at radius 3 is 2.47 bits per heavy atom. The fraction of sp³-hybridized carbons (Fsp3) is 0.0909. The molecule has 0 saturated heterocycles. The van der Waals surface area contributed by atoms with Crippen molar-refractivity contribution in [3.63, 3.8) is 0 Å². The molecule has 0 fully saturated rings. The van der Waals surface area contributed by atoms with E-state index in [9.17, 15) is 17.6 Å². The first-order valence-electron chi connectivity index (χ1n) is 9.57. The summed E-state index contributed by atoms with van der Waals surface area (Å²) in [5, 5.41) is 9.34. The Morgan fingerprint density at radius 2 is 1.78 bits per heavy atom. The van der Waals surface area contributed by atoms with E-state index in [1.54, 1.807) is 53.2 Å². The van der Waals surface area contributed by atoms with Crippen molar-refractivity contribution in [1.29, 1.82) is 0 Å². The highest BCUT2D eigenvalue weighted by atomic mass is 32.2. The highest BCUT2D eigenvalue weighted by Crippen LogP contribution is 2.28. The molecule has 0 saturated carbocycles. The second kappa shape index (κ2) is 8.77. The van der Waals surface area contributed by atoms with E-state index in [0.29, 0.717) is 23.0 Å². The summed E-state index contributed by atoms with van der Waals surface area (Å²) in [6.07, 6.45) is 3.01. The summed E-state index contributed by atoms with van der Waals surface area (Å²) in [5.41, 5.74) is 3.66. The van der Waals surface area contributed by atoms with Gasteiger partial charge < -0.3 is 4.57 Å². The summed E-state index contributed by atoms with van der Waals surface area (Å²) in [6.45, 7) is 0.324. The zero-order valence-electron chi connectivity index (χ0n) is 16.7. The van der Waals surface area contributed by atoms with Crippen LogP contribution in [0.15, 0.2) is 73.1 Å². The number of nitrogens with zero attached hydrogens (tertiary/aromatic N) is 2. The molecule has 0 aliphatic carbocycles. The van der Waals surface area contributed by atoms with Gasteiger partial charge in [-0.05, 0) is 29.3 Å². The molecular weight excluding hydrogens is 435 g/mol. The Morgan fingerprint density at radius 1 is 1.06 bits per heavy atom. The molecule has 0 unspecified atom stereocenters. The van der Waals surface area contributed by atoms with Crippen LogP contribution in [0.2, 0.25) is 0 Å². The third-order valence-corrected chi connectivity index (χ3v) is 6.08. The van der Waals surface area contributed by atoms with E-state index in [0.717, 1.165) is 5.56 Å². The fourth-order valence-electron chi connectivity index (χ4n) is 3.37. The molecule has 3 N–H and O–H groups in total. The van der Waals surface area contributed by atoms with Crippen LogP contribution in [0.5, 0.6) is 0 Å². The minimum atomic E-state index is -3.77. The van der Waals surface area contributed by atoms with Gasteiger partial charge in [-0.15, -0.1) is 0 Å². The first kappa shape index (κ1) is 21.5. The number of hydrogen-bond acceptors (Lipinski definition) is 5. The second-order valence-electron chi connectivity index (χ2n) is 7.17. The Kier molecular flexibility index (Phi) is 5.89. The van der Waals surface area contributed by atoms with Crippen LogP contribution >= 0.6 is 0 Å². The van der Waals surface area contributed by atoms with Crippen molar-refractivity contribution in [3.05, 3.63) is 95.7 Å². The number of sulfonamides is 1. The van der Waals surface area contributed by atoms with Crippen molar-refractivity contribution in [3.8, 4) is 0 Å². The number of anilines is 1. The SMILES string of the molecule is O=C(NO)c1cc2c(NS(=O)(=O)Cc3ccccc3)cn(Cc3ccc(F)cc3)c2cn1. The van der Waals surface area contributed by atoms with Crippen LogP contribution in [-0.4, -0.2) is 29.1 Å². The van der Waals surface area contributed by atoms with Crippen molar-refractivity contribution in [2.24, 2.45) is 0 Å². The van der Waals surface area contributed by atoms with Gasteiger partial charge in [-0.1, -0.05) is 42.5 Å². The van der Waals surface area contributed by atoms with Gasteiger partial charge in [0.1, 0.15) is 11.5 Å². The number of halogens is 1. The van der Waals surface area contributed by atoms with Crippen LogP contribution in [0, 0.1) is 5.82 Å². The molecule has 4 aromatic rings. The molecule has 2 aromatic carbocycles. The van der Waals surface area contributed by atoms with Gasteiger partial charge in [0.2, 0.25) is 10.0 Å². The van der Waals surface area contributed by atoms with Gasteiger partial charge in [-0.3, -0.25) is 14.7 Å². The maximum atomic E-state index is 13.2. The minimum absolute atomic E-state index is 0.0805. The van der Waals surface area contributed by atoms with E-state index in [1.807, 2.05) is 0 Å². The van der Waals surface area contributed by atoms with Gasteiger partial charge in [-0.2, -0.15) is 0 Å². The second-order valence-corrected chi connectivity index (χ2v) is 8.89. The highest BCUT2D eigenvalue weighted by Gasteiger charge is 2.18. The minimum Gasteiger partial charge on any atom is -0.340 e. The first-order valence-corrected chi connectivity index (χ1v) is 11.2. The molecule has 2 aromatic heterocycles. The number of carbonyl (C=O) groups is 1. The maximum absolute atomic E-state index is 13.2. The molecular formula is C22H19FN4O4S. The number of fused-ring (bicyclic) bond motifs is 1. The van der Waals surface area contributed by atoms with Crippen LogP contribution < -0.4 is 10.2 Å². The molecule has 0 spiro atoms. The van der Waals surface area contributed by atoms with Crippen molar-refractivity contribution in [2.45, 2.75) is 12.3 Å². The fourth-order valence-corrected chi connectivity index (χ4v) is 4.57. The number of carbonyl (C=O) groups excluding carboxylic acids is 1. The van der Waals surface area contributed by atoms with E-state index in [4.69, 9.17) is 5.21 Å². The average Bonchev–Trinajstić information content (AvgIpc) is 3.10. The number of nitrogens with one attached hydrogen (secondary N) is 2. The van der Waals surface area contributed by atoms with Crippen molar-refractivity contribution in [1.82, 2.24) is 15.0 Å². The number of hydrogen-bond donors (Lipinski definition) is 3. The number of amides is 1. The Bertz CT molecular complexity index is 1370. The Hall–Kier alpha value is -3.76. The van der Waals surface area contributed by atoms with Gasteiger partial charge in [0.25, 0.3) is 5.91 Å². The highest BCUT2D eigenvalue weighted by molar-refractivity contribution is 7.91. The maximum Gasteiger partial charge on any atom is 0.293 e. The van der Waals surface area contributed by atoms with E-state index >= 15 is 0 Å². The molecule has 0 radical (unpaired) electrons. The zero-order valence-corrected chi connectivity index (χ0v) is 17.5. The molecule has 164 valence electrons. The number of pyridine rings is 1.